The highest BCUT2D eigenvalue weighted by Gasteiger charge is 2.13. The van der Waals surface area contributed by atoms with Crippen molar-refractivity contribution in [2.75, 3.05) is 12.3 Å². The average molecular weight is 293 g/mol. The van der Waals surface area contributed by atoms with E-state index in [1.54, 1.807) is 0 Å². The van der Waals surface area contributed by atoms with Crippen molar-refractivity contribution >= 4 is 11.6 Å². The second-order valence-electron chi connectivity index (χ2n) is 4.78. The molecule has 2 aromatic heterocycles. The van der Waals surface area contributed by atoms with Crippen molar-refractivity contribution in [1.29, 1.82) is 0 Å². The molecule has 0 fully saturated rings. The Kier molecular flexibility index (Phi) is 3.73. The van der Waals surface area contributed by atoms with Crippen LogP contribution in [0.5, 0.6) is 0 Å². The second kappa shape index (κ2) is 5.84. The van der Waals surface area contributed by atoms with Gasteiger partial charge in [0.2, 0.25) is 0 Å². The van der Waals surface area contributed by atoms with Crippen LogP contribution in [0.1, 0.15) is 17.7 Å². The Balaban J connectivity index is 2.03. The van der Waals surface area contributed by atoms with Crippen molar-refractivity contribution in [2.24, 2.45) is 0 Å². The molecule has 1 aromatic carbocycles. The predicted molar refractivity (Wildman–Crippen MR) is 83.9 cm³/mol. The molecular weight excluding hydrogens is 278 g/mol. The summed E-state index contributed by atoms with van der Waals surface area (Å²) in [4.78, 5) is 8.46. The zero-order valence-electron chi connectivity index (χ0n) is 12.1. The van der Waals surface area contributed by atoms with Crippen molar-refractivity contribution < 1.29 is 5.11 Å². The second-order valence-corrected chi connectivity index (χ2v) is 4.78. The Labute approximate surface area is 127 Å². The number of aryl methyl sites for hydroxylation is 1. The number of rotatable bonds is 2. The number of nitrogens with zero attached hydrogens (tertiary/aromatic N) is 4. The lowest BCUT2D eigenvalue weighted by Gasteiger charge is -2.10. The molecule has 2 heterocycles. The highest BCUT2D eigenvalue weighted by atomic mass is 16.2. The molecule has 0 saturated carbocycles. The number of aliphatic hydroxyl groups is 1. The van der Waals surface area contributed by atoms with Crippen LogP contribution in [0.15, 0.2) is 30.6 Å². The zero-order valence-corrected chi connectivity index (χ0v) is 12.1. The summed E-state index contributed by atoms with van der Waals surface area (Å²) in [5.41, 5.74) is 9.68. The molecule has 0 aliphatic heterocycles. The molecule has 0 spiro atoms. The van der Waals surface area contributed by atoms with E-state index in [-0.39, 0.29) is 6.61 Å². The Hall–Kier alpha value is -2.91. The molecule has 0 saturated heterocycles. The molecule has 0 unspecified atom stereocenters. The quantitative estimate of drug-likeness (QED) is 0.697. The molecule has 22 heavy (non-hydrogen) atoms. The van der Waals surface area contributed by atoms with Gasteiger partial charge in [-0.25, -0.2) is 4.98 Å². The smallest absolute Gasteiger partial charge is 0.254 e. The van der Waals surface area contributed by atoms with Gasteiger partial charge in [0, 0.05) is 17.5 Å². The fourth-order valence-electron chi connectivity index (χ4n) is 2.28. The standard InChI is InChI=1S/C16H15N5O/c1-11-14(15(17)21-16(20-11)18-10-19-21)13-7-5-12(6-8-13)4-2-3-9-22/h5-8,10,22H,3,9,17H2,1H3. The molecule has 0 radical (unpaired) electrons. The normalized spacial score (nSPS) is 10.5. The SMILES string of the molecule is Cc1nc2ncnn2c(N)c1-c1ccc(C#CCCO)cc1. The number of nitrogens with two attached hydrogens (primary N) is 1. The van der Waals surface area contributed by atoms with Gasteiger partial charge in [0.15, 0.2) is 0 Å². The summed E-state index contributed by atoms with van der Waals surface area (Å²) >= 11 is 0. The predicted octanol–water partition coefficient (Wildman–Crippen LogP) is 1.42. The van der Waals surface area contributed by atoms with Crippen LogP contribution in [-0.2, 0) is 0 Å². The molecule has 3 rings (SSSR count). The van der Waals surface area contributed by atoms with Gasteiger partial charge in [0.1, 0.15) is 12.1 Å². The Bertz CT molecular complexity index is 871. The number of hydrogen-bond acceptors (Lipinski definition) is 5. The van der Waals surface area contributed by atoms with E-state index in [0.29, 0.717) is 18.0 Å². The van der Waals surface area contributed by atoms with Crippen molar-refractivity contribution in [3.8, 4) is 23.0 Å². The highest BCUT2D eigenvalue weighted by molar-refractivity contribution is 5.77. The van der Waals surface area contributed by atoms with E-state index >= 15 is 0 Å². The minimum Gasteiger partial charge on any atom is -0.395 e. The third kappa shape index (κ3) is 2.50. The summed E-state index contributed by atoms with van der Waals surface area (Å²) < 4.78 is 1.53. The highest BCUT2D eigenvalue weighted by Crippen LogP contribution is 2.28. The monoisotopic (exact) mass is 293 g/mol. The van der Waals surface area contributed by atoms with Crippen molar-refractivity contribution in [2.45, 2.75) is 13.3 Å². The number of benzene rings is 1. The lowest BCUT2D eigenvalue weighted by molar-refractivity contribution is 0.305. The van der Waals surface area contributed by atoms with E-state index in [1.165, 1.54) is 10.8 Å². The number of anilines is 1. The maximum atomic E-state index is 8.73. The molecule has 110 valence electrons. The van der Waals surface area contributed by atoms with Gasteiger partial charge in [-0.15, -0.1) is 0 Å². The Morgan fingerprint density at radius 3 is 2.77 bits per heavy atom. The third-order valence-corrected chi connectivity index (χ3v) is 3.29. The number of fused-ring (bicyclic) bond motifs is 1. The summed E-state index contributed by atoms with van der Waals surface area (Å²) in [6.07, 6.45) is 1.91. The van der Waals surface area contributed by atoms with Gasteiger partial charge in [-0.05, 0) is 24.6 Å². The zero-order chi connectivity index (χ0) is 15.5. The van der Waals surface area contributed by atoms with Gasteiger partial charge in [-0.1, -0.05) is 24.0 Å². The molecule has 3 N–H and O–H groups in total. The van der Waals surface area contributed by atoms with Crippen molar-refractivity contribution in [3.63, 3.8) is 0 Å². The number of hydrogen-bond donors (Lipinski definition) is 2. The van der Waals surface area contributed by atoms with Gasteiger partial charge in [-0.3, -0.25) is 0 Å². The topological polar surface area (TPSA) is 89.3 Å². The molecule has 6 nitrogen and oxygen atoms in total. The lowest BCUT2D eigenvalue weighted by atomic mass is 10.0. The fourth-order valence-corrected chi connectivity index (χ4v) is 2.28. The minimum atomic E-state index is 0.0738. The first kappa shape index (κ1) is 14.0. The van der Waals surface area contributed by atoms with E-state index in [9.17, 15) is 0 Å². The first-order valence-corrected chi connectivity index (χ1v) is 6.86. The number of aliphatic hydroxyl groups excluding tert-OH is 1. The van der Waals surface area contributed by atoms with E-state index in [4.69, 9.17) is 10.8 Å². The fraction of sp³-hybridized carbons (Fsp3) is 0.188. The third-order valence-electron chi connectivity index (χ3n) is 3.29. The molecule has 0 atom stereocenters. The van der Waals surface area contributed by atoms with Crippen LogP contribution in [0.2, 0.25) is 0 Å². The van der Waals surface area contributed by atoms with Crippen LogP contribution in [0.4, 0.5) is 5.82 Å². The van der Waals surface area contributed by atoms with Gasteiger partial charge < -0.3 is 10.8 Å². The summed E-state index contributed by atoms with van der Waals surface area (Å²) in [6.45, 7) is 1.97. The van der Waals surface area contributed by atoms with E-state index < -0.39 is 0 Å². The maximum Gasteiger partial charge on any atom is 0.254 e. The van der Waals surface area contributed by atoms with E-state index in [2.05, 4.69) is 26.9 Å². The molecule has 6 heteroatoms. The largest absolute Gasteiger partial charge is 0.395 e. The molecule has 0 amide bonds. The molecule has 0 aliphatic rings. The number of aromatic nitrogens is 4. The number of nitrogen functional groups attached to an aromatic ring is 1. The minimum absolute atomic E-state index is 0.0738. The van der Waals surface area contributed by atoms with Crippen molar-refractivity contribution in [3.05, 3.63) is 41.9 Å². The van der Waals surface area contributed by atoms with Gasteiger partial charge in [0.25, 0.3) is 5.78 Å². The molecule has 0 aliphatic carbocycles. The van der Waals surface area contributed by atoms with E-state index in [0.717, 1.165) is 22.4 Å². The summed E-state index contributed by atoms with van der Waals surface area (Å²) in [7, 11) is 0. The van der Waals surface area contributed by atoms with Gasteiger partial charge >= 0.3 is 0 Å². The average Bonchev–Trinajstić information content (AvgIpc) is 2.97. The van der Waals surface area contributed by atoms with Crippen LogP contribution >= 0.6 is 0 Å². The van der Waals surface area contributed by atoms with Gasteiger partial charge in [0.05, 0.1) is 12.3 Å². The maximum absolute atomic E-state index is 8.73. The summed E-state index contributed by atoms with van der Waals surface area (Å²) in [5.74, 6) is 6.89. The molecule has 0 bridgehead atoms. The van der Waals surface area contributed by atoms with Crippen LogP contribution < -0.4 is 5.73 Å². The van der Waals surface area contributed by atoms with Crippen LogP contribution in [0.25, 0.3) is 16.9 Å². The lowest BCUT2D eigenvalue weighted by Crippen LogP contribution is -2.05. The first-order chi connectivity index (χ1) is 10.7. The Morgan fingerprint density at radius 2 is 2.05 bits per heavy atom. The Morgan fingerprint density at radius 1 is 1.27 bits per heavy atom. The van der Waals surface area contributed by atoms with Crippen molar-refractivity contribution in [1.82, 2.24) is 19.6 Å². The van der Waals surface area contributed by atoms with Gasteiger partial charge in [-0.2, -0.15) is 14.6 Å². The van der Waals surface area contributed by atoms with E-state index in [1.807, 2.05) is 31.2 Å². The first-order valence-electron chi connectivity index (χ1n) is 6.86. The summed E-state index contributed by atoms with van der Waals surface area (Å²) in [5, 5.41) is 12.8. The molecular formula is C16H15N5O. The van der Waals surface area contributed by atoms with Crippen LogP contribution in [0.3, 0.4) is 0 Å². The van der Waals surface area contributed by atoms with Crippen LogP contribution in [0, 0.1) is 18.8 Å². The molecule has 3 aromatic rings. The van der Waals surface area contributed by atoms with Crippen LogP contribution in [-0.4, -0.2) is 31.3 Å². The summed E-state index contributed by atoms with van der Waals surface area (Å²) in [6, 6.07) is 7.74.